The molecule has 0 aromatic rings. The smallest absolute Gasteiger partial charge is 0.308 e. The van der Waals surface area contributed by atoms with Crippen LogP contribution in [0.3, 0.4) is 0 Å². The number of esters is 4. The van der Waals surface area contributed by atoms with Crippen molar-refractivity contribution in [1.82, 2.24) is 0 Å². The Morgan fingerprint density at radius 1 is 0.486 bits per heavy atom. The molecule has 0 aliphatic heterocycles. The van der Waals surface area contributed by atoms with Crippen LogP contribution in [0.25, 0.3) is 0 Å². The number of hydrogen-bond donors (Lipinski definition) is 0. The van der Waals surface area contributed by atoms with Crippen LogP contribution in [0.15, 0.2) is 0 Å². The average Bonchev–Trinajstić information content (AvgIpc) is 2.86. The van der Waals surface area contributed by atoms with E-state index in [9.17, 15) is 19.2 Å². The van der Waals surface area contributed by atoms with Crippen molar-refractivity contribution < 1.29 is 42.9 Å². The molecule has 35 heavy (non-hydrogen) atoms. The average molecular weight is 503 g/mol. The van der Waals surface area contributed by atoms with E-state index in [-0.39, 0.29) is 74.0 Å². The van der Waals surface area contributed by atoms with E-state index in [4.69, 9.17) is 23.7 Å². The van der Waals surface area contributed by atoms with E-state index in [1.54, 1.807) is 0 Å². The molecule has 9 heteroatoms. The van der Waals surface area contributed by atoms with Gasteiger partial charge in [0.15, 0.2) is 0 Å². The second kappa shape index (κ2) is 20.1. The van der Waals surface area contributed by atoms with Crippen molar-refractivity contribution in [2.45, 2.75) is 79.1 Å². The Hall–Kier alpha value is -2.16. The summed E-state index contributed by atoms with van der Waals surface area (Å²) < 4.78 is 25.2. The minimum absolute atomic E-state index is 0.130. The summed E-state index contributed by atoms with van der Waals surface area (Å²) in [4.78, 5) is 46.8. The number of methoxy groups -OCH3 is 2. The van der Waals surface area contributed by atoms with Gasteiger partial charge < -0.3 is 23.7 Å². The van der Waals surface area contributed by atoms with E-state index in [2.05, 4.69) is 0 Å². The molecule has 0 radical (unpaired) electrons. The Morgan fingerprint density at radius 2 is 0.771 bits per heavy atom. The van der Waals surface area contributed by atoms with E-state index >= 15 is 0 Å². The normalized spacial score (nSPS) is 14.3. The standard InChI is InChI=1S/C26H46O9/c1-19(23(27)31-5)11-7-9-13-21(3)25(29)34-17-15-33-16-18-35-26(30)22(4)14-10-8-12-20(2)24(28)32-6/h19-22H,7-18H2,1-6H3. The van der Waals surface area contributed by atoms with Crippen LogP contribution in [0.5, 0.6) is 0 Å². The van der Waals surface area contributed by atoms with Gasteiger partial charge in [0.2, 0.25) is 0 Å². The number of rotatable bonds is 20. The molecule has 0 aromatic heterocycles. The van der Waals surface area contributed by atoms with E-state index in [1.165, 1.54) is 14.2 Å². The van der Waals surface area contributed by atoms with Crippen molar-refractivity contribution in [2.24, 2.45) is 23.7 Å². The van der Waals surface area contributed by atoms with Gasteiger partial charge in [-0.25, -0.2) is 0 Å². The molecule has 0 aromatic carbocycles. The van der Waals surface area contributed by atoms with Crippen LogP contribution < -0.4 is 0 Å². The number of ether oxygens (including phenoxy) is 5. The highest BCUT2D eigenvalue weighted by Crippen LogP contribution is 2.16. The Bertz CT molecular complexity index is 568. The Labute approximate surface area is 210 Å². The monoisotopic (exact) mass is 502 g/mol. The van der Waals surface area contributed by atoms with Crippen molar-refractivity contribution in [3.8, 4) is 0 Å². The largest absolute Gasteiger partial charge is 0.469 e. The fraction of sp³-hybridized carbons (Fsp3) is 0.846. The molecule has 204 valence electrons. The summed E-state index contributed by atoms with van der Waals surface area (Å²) in [5, 5.41) is 0. The second-order valence-corrected chi connectivity index (χ2v) is 9.17. The van der Waals surface area contributed by atoms with E-state index in [0.29, 0.717) is 12.8 Å². The predicted octanol–water partition coefficient (Wildman–Crippen LogP) is 4.10. The van der Waals surface area contributed by atoms with Gasteiger partial charge in [0.05, 0.1) is 51.1 Å². The summed E-state index contributed by atoms with van der Waals surface area (Å²) >= 11 is 0. The lowest BCUT2D eigenvalue weighted by Crippen LogP contribution is -2.20. The van der Waals surface area contributed by atoms with Crippen LogP contribution in [-0.2, 0) is 42.9 Å². The van der Waals surface area contributed by atoms with Gasteiger partial charge in [-0.3, -0.25) is 19.2 Å². The zero-order chi connectivity index (χ0) is 26.6. The van der Waals surface area contributed by atoms with Gasteiger partial charge in [-0.15, -0.1) is 0 Å². The van der Waals surface area contributed by atoms with Crippen LogP contribution in [0.1, 0.15) is 79.1 Å². The first-order valence-corrected chi connectivity index (χ1v) is 12.7. The quantitative estimate of drug-likeness (QED) is 0.138. The van der Waals surface area contributed by atoms with E-state index in [1.807, 2.05) is 27.7 Å². The molecule has 0 saturated heterocycles. The predicted molar refractivity (Wildman–Crippen MR) is 130 cm³/mol. The second-order valence-electron chi connectivity index (χ2n) is 9.17. The van der Waals surface area contributed by atoms with Gasteiger partial charge in [-0.2, -0.15) is 0 Å². The summed E-state index contributed by atoms with van der Waals surface area (Å²) in [5.74, 6) is -1.64. The molecule has 0 aliphatic carbocycles. The highest BCUT2D eigenvalue weighted by molar-refractivity contribution is 5.73. The lowest BCUT2D eigenvalue weighted by atomic mass is 9.99. The molecule has 0 spiro atoms. The molecule has 4 unspecified atom stereocenters. The summed E-state index contributed by atoms with van der Waals surface area (Å²) in [6.45, 7) is 8.10. The van der Waals surface area contributed by atoms with Crippen LogP contribution in [0.2, 0.25) is 0 Å². The van der Waals surface area contributed by atoms with Crippen molar-refractivity contribution in [3.05, 3.63) is 0 Å². The fourth-order valence-corrected chi connectivity index (χ4v) is 3.46. The van der Waals surface area contributed by atoms with Crippen LogP contribution in [0.4, 0.5) is 0 Å². The summed E-state index contributed by atoms with van der Waals surface area (Å²) in [5.41, 5.74) is 0. The minimum Gasteiger partial charge on any atom is -0.469 e. The maximum atomic E-state index is 12.0. The first-order chi connectivity index (χ1) is 16.6. The van der Waals surface area contributed by atoms with Crippen LogP contribution in [-0.4, -0.2) is 64.5 Å². The molecular weight excluding hydrogens is 456 g/mol. The molecule has 0 saturated carbocycles. The zero-order valence-corrected chi connectivity index (χ0v) is 22.5. The van der Waals surface area contributed by atoms with Gasteiger partial charge in [0.1, 0.15) is 13.2 Å². The lowest BCUT2D eigenvalue weighted by molar-refractivity contribution is -0.151. The SMILES string of the molecule is COC(=O)C(C)CCCCC(C)C(=O)OCCOCCOC(=O)C(C)CCCCC(C)C(=O)OC. The molecule has 0 heterocycles. The van der Waals surface area contributed by atoms with Crippen molar-refractivity contribution in [3.63, 3.8) is 0 Å². The van der Waals surface area contributed by atoms with E-state index in [0.717, 1.165) is 38.5 Å². The molecule has 9 nitrogen and oxygen atoms in total. The molecule has 0 N–H and O–H groups in total. The van der Waals surface area contributed by atoms with Gasteiger partial charge in [0.25, 0.3) is 0 Å². The number of unbranched alkanes of at least 4 members (excludes halogenated alkanes) is 2. The maximum Gasteiger partial charge on any atom is 0.308 e. The topological polar surface area (TPSA) is 114 Å². The third kappa shape index (κ3) is 16.2. The third-order valence-electron chi connectivity index (χ3n) is 6.00. The maximum absolute atomic E-state index is 12.0. The van der Waals surface area contributed by atoms with Gasteiger partial charge in [-0.05, 0) is 25.7 Å². The first kappa shape index (κ1) is 32.8. The zero-order valence-electron chi connectivity index (χ0n) is 22.5. The number of carbonyl (C=O) groups is 4. The Kier molecular flexibility index (Phi) is 18.8. The van der Waals surface area contributed by atoms with E-state index < -0.39 is 0 Å². The number of hydrogen-bond acceptors (Lipinski definition) is 9. The van der Waals surface area contributed by atoms with Crippen molar-refractivity contribution >= 4 is 23.9 Å². The first-order valence-electron chi connectivity index (χ1n) is 12.7. The van der Waals surface area contributed by atoms with Crippen LogP contribution >= 0.6 is 0 Å². The van der Waals surface area contributed by atoms with Gasteiger partial charge in [0, 0.05) is 0 Å². The van der Waals surface area contributed by atoms with Crippen LogP contribution in [0, 0.1) is 23.7 Å². The highest BCUT2D eigenvalue weighted by Gasteiger charge is 2.17. The molecule has 0 bridgehead atoms. The summed E-state index contributed by atoms with van der Waals surface area (Å²) in [7, 11) is 2.77. The van der Waals surface area contributed by atoms with Crippen molar-refractivity contribution in [2.75, 3.05) is 40.6 Å². The minimum atomic E-state index is -0.268. The molecule has 0 amide bonds. The summed E-state index contributed by atoms with van der Waals surface area (Å²) in [6.07, 6.45) is 6.25. The molecule has 0 fully saturated rings. The number of carbonyl (C=O) groups excluding carboxylic acids is 4. The third-order valence-corrected chi connectivity index (χ3v) is 6.00. The summed E-state index contributed by atoms with van der Waals surface area (Å²) in [6, 6.07) is 0. The fourth-order valence-electron chi connectivity index (χ4n) is 3.46. The molecule has 4 atom stereocenters. The molecular formula is C26H46O9. The highest BCUT2D eigenvalue weighted by atomic mass is 16.6. The Morgan fingerprint density at radius 3 is 1.06 bits per heavy atom. The van der Waals surface area contributed by atoms with Crippen molar-refractivity contribution in [1.29, 1.82) is 0 Å². The van der Waals surface area contributed by atoms with Gasteiger partial charge >= 0.3 is 23.9 Å². The molecule has 0 aliphatic rings. The molecule has 0 rings (SSSR count). The van der Waals surface area contributed by atoms with Gasteiger partial charge in [-0.1, -0.05) is 53.4 Å². The lowest BCUT2D eigenvalue weighted by Gasteiger charge is -2.13. The Balaban J connectivity index is 3.72.